The molecule has 1 N–H and O–H groups in total. The van der Waals surface area contributed by atoms with Crippen molar-refractivity contribution in [2.24, 2.45) is 0 Å². The smallest absolute Gasteiger partial charge is 0.307 e. The molecule has 14 heavy (non-hydrogen) atoms. The minimum atomic E-state index is -4.09. The minimum absolute atomic E-state index is 0.420. The maximum atomic E-state index is 11.8. The first-order valence-corrected chi connectivity index (χ1v) is 5.04. The molecule has 1 fully saturated rings. The quantitative estimate of drug-likeness (QED) is 0.670. The Labute approximate surface area is 82.5 Å². The second-order valence-electron chi connectivity index (χ2n) is 3.65. The highest BCUT2D eigenvalue weighted by molar-refractivity contribution is 4.83. The van der Waals surface area contributed by atoms with Crippen LogP contribution in [-0.4, -0.2) is 43.3 Å². The standard InChI is InChI=1S/C9H17F3N2/c1-2-14(8-3-4-8)6-5-13-7-9(10,11)12/h8,13H,2-7H2,1H3. The van der Waals surface area contributed by atoms with Gasteiger partial charge >= 0.3 is 6.18 Å². The molecule has 0 heterocycles. The van der Waals surface area contributed by atoms with E-state index in [0.29, 0.717) is 12.6 Å². The summed E-state index contributed by atoms with van der Waals surface area (Å²) in [4.78, 5) is 2.23. The predicted molar refractivity (Wildman–Crippen MR) is 49.2 cm³/mol. The van der Waals surface area contributed by atoms with E-state index in [1.54, 1.807) is 0 Å². The van der Waals surface area contributed by atoms with Crippen LogP contribution in [0.5, 0.6) is 0 Å². The van der Waals surface area contributed by atoms with Crippen LogP contribution in [0.1, 0.15) is 19.8 Å². The van der Waals surface area contributed by atoms with Crippen molar-refractivity contribution in [3.63, 3.8) is 0 Å². The van der Waals surface area contributed by atoms with Gasteiger partial charge in [-0.15, -0.1) is 0 Å². The lowest BCUT2D eigenvalue weighted by Crippen LogP contribution is -2.37. The molecular weight excluding hydrogens is 193 g/mol. The van der Waals surface area contributed by atoms with E-state index in [2.05, 4.69) is 10.2 Å². The Balaban J connectivity index is 2.02. The van der Waals surface area contributed by atoms with E-state index in [9.17, 15) is 13.2 Å². The Morgan fingerprint density at radius 1 is 1.36 bits per heavy atom. The van der Waals surface area contributed by atoms with Gasteiger partial charge in [0.15, 0.2) is 0 Å². The van der Waals surface area contributed by atoms with Crippen LogP contribution >= 0.6 is 0 Å². The highest BCUT2D eigenvalue weighted by Crippen LogP contribution is 2.25. The van der Waals surface area contributed by atoms with Crippen molar-refractivity contribution in [2.45, 2.75) is 32.0 Å². The summed E-state index contributed by atoms with van der Waals surface area (Å²) >= 11 is 0. The maximum absolute atomic E-state index is 11.8. The van der Waals surface area contributed by atoms with Gasteiger partial charge in [-0.25, -0.2) is 0 Å². The van der Waals surface area contributed by atoms with E-state index in [1.165, 1.54) is 12.8 Å². The topological polar surface area (TPSA) is 15.3 Å². The van der Waals surface area contributed by atoms with Crippen LogP contribution in [0.3, 0.4) is 0 Å². The van der Waals surface area contributed by atoms with Crippen molar-refractivity contribution < 1.29 is 13.2 Å². The molecule has 1 rings (SSSR count). The Bertz CT molecular complexity index is 166. The highest BCUT2D eigenvalue weighted by atomic mass is 19.4. The van der Waals surface area contributed by atoms with Gasteiger partial charge in [0.05, 0.1) is 6.54 Å². The zero-order valence-corrected chi connectivity index (χ0v) is 8.40. The van der Waals surface area contributed by atoms with E-state index in [-0.39, 0.29) is 0 Å². The lowest BCUT2D eigenvalue weighted by atomic mass is 10.4. The van der Waals surface area contributed by atoms with Crippen molar-refractivity contribution in [3.8, 4) is 0 Å². The van der Waals surface area contributed by atoms with Crippen LogP contribution in [0.25, 0.3) is 0 Å². The van der Waals surface area contributed by atoms with Gasteiger partial charge in [-0.3, -0.25) is 4.90 Å². The first-order chi connectivity index (χ1) is 6.53. The molecule has 0 aromatic heterocycles. The van der Waals surface area contributed by atoms with Gasteiger partial charge in [-0.2, -0.15) is 13.2 Å². The summed E-state index contributed by atoms with van der Waals surface area (Å²) in [6, 6.07) is 0.632. The van der Waals surface area contributed by atoms with Gasteiger partial charge in [-0.1, -0.05) is 6.92 Å². The van der Waals surface area contributed by atoms with Crippen LogP contribution in [0.15, 0.2) is 0 Å². The van der Waals surface area contributed by atoms with Gasteiger partial charge in [0, 0.05) is 19.1 Å². The fraction of sp³-hybridized carbons (Fsp3) is 1.00. The molecule has 0 radical (unpaired) electrons. The third kappa shape index (κ3) is 4.81. The number of nitrogens with zero attached hydrogens (tertiary/aromatic N) is 1. The average Bonchev–Trinajstić information content (AvgIpc) is 2.86. The van der Waals surface area contributed by atoms with E-state index in [1.807, 2.05) is 6.92 Å². The SMILES string of the molecule is CCN(CCNCC(F)(F)F)C1CC1. The Hall–Kier alpha value is -0.290. The number of nitrogens with one attached hydrogen (secondary N) is 1. The normalized spacial score (nSPS) is 17.8. The van der Waals surface area contributed by atoms with Gasteiger partial charge in [-0.05, 0) is 19.4 Å². The number of rotatable bonds is 6. The monoisotopic (exact) mass is 210 g/mol. The van der Waals surface area contributed by atoms with Crippen LogP contribution < -0.4 is 5.32 Å². The zero-order valence-electron chi connectivity index (χ0n) is 8.40. The molecule has 0 aliphatic heterocycles. The summed E-state index contributed by atoms with van der Waals surface area (Å²) in [6.07, 6.45) is -1.68. The first kappa shape index (κ1) is 11.8. The molecule has 84 valence electrons. The van der Waals surface area contributed by atoms with Gasteiger partial charge in [0.2, 0.25) is 0 Å². The minimum Gasteiger partial charge on any atom is -0.307 e. The van der Waals surface area contributed by atoms with Crippen molar-refractivity contribution in [1.29, 1.82) is 0 Å². The maximum Gasteiger partial charge on any atom is 0.401 e. The van der Waals surface area contributed by atoms with Crippen molar-refractivity contribution in [1.82, 2.24) is 10.2 Å². The van der Waals surface area contributed by atoms with E-state index in [4.69, 9.17) is 0 Å². The number of hydrogen-bond acceptors (Lipinski definition) is 2. The molecular formula is C9H17F3N2. The number of alkyl halides is 3. The fourth-order valence-corrected chi connectivity index (χ4v) is 1.49. The number of halogens is 3. The summed E-state index contributed by atoms with van der Waals surface area (Å²) in [5.74, 6) is 0. The molecule has 2 nitrogen and oxygen atoms in total. The van der Waals surface area contributed by atoms with Crippen LogP contribution in [0, 0.1) is 0 Å². The molecule has 0 atom stereocenters. The summed E-state index contributed by atoms with van der Waals surface area (Å²) < 4.78 is 35.3. The molecule has 0 unspecified atom stereocenters. The lowest BCUT2D eigenvalue weighted by Gasteiger charge is -2.20. The molecule has 0 aromatic rings. The van der Waals surface area contributed by atoms with Crippen LogP contribution in [0.4, 0.5) is 13.2 Å². The number of likely N-dealkylation sites (N-methyl/N-ethyl adjacent to an activating group) is 1. The van der Waals surface area contributed by atoms with E-state index in [0.717, 1.165) is 13.1 Å². The zero-order chi connectivity index (χ0) is 10.6. The third-order valence-electron chi connectivity index (χ3n) is 2.37. The summed E-state index contributed by atoms with van der Waals surface area (Å²) in [6.45, 7) is 3.23. The summed E-state index contributed by atoms with van der Waals surface area (Å²) in [5.41, 5.74) is 0. The Kier molecular flexibility index (Phi) is 4.19. The van der Waals surface area contributed by atoms with E-state index >= 15 is 0 Å². The Morgan fingerprint density at radius 2 is 2.00 bits per heavy atom. The van der Waals surface area contributed by atoms with Gasteiger partial charge in [0.25, 0.3) is 0 Å². The summed E-state index contributed by atoms with van der Waals surface area (Å²) in [5, 5.41) is 2.41. The van der Waals surface area contributed by atoms with Crippen molar-refractivity contribution in [2.75, 3.05) is 26.2 Å². The average molecular weight is 210 g/mol. The summed E-state index contributed by atoms with van der Waals surface area (Å²) in [7, 11) is 0. The van der Waals surface area contributed by atoms with Gasteiger partial charge < -0.3 is 5.32 Å². The second-order valence-corrected chi connectivity index (χ2v) is 3.65. The molecule has 1 saturated carbocycles. The predicted octanol–water partition coefficient (Wildman–Crippen LogP) is 1.62. The largest absolute Gasteiger partial charge is 0.401 e. The van der Waals surface area contributed by atoms with Gasteiger partial charge in [0.1, 0.15) is 0 Å². The number of hydrogen-bond donors (Lipinski definition) is 1. The molecule has 0 bridgehead atoms. The second kappa shape index (κ2) is 4.98. The highest BCUT2D eigenvalue weighted by Gasteiger charge is 2.28. The van der Waals surface area contributed by atoms with Crippen LogP contribution in [-0.2, 0) is 0 Å². The fourth-order valence-electron chi connectivity index (χ4n) is 1.49. The molecule has 0 spiro atoms. The molecule has 1 aliphatic carbocycles. The van der Waals surface area contributed by atoms with Crippen LogP contribution in [0.2, 0.25) is 0 Å². The lowest BCUT2D eigenvalue weighted by molar-refractivity contribution is -0.124. The molecule has 5 heteroatoms. The van der Waals surface area contributed by atoms with Crippen molar-refractivity contribution >= 4 is 0 Å². The molecule has 0 aromatic carbocycles. The molecule has 0 saturated heterocycles. The Morgan fingerprint density at radius 3 is 2.43 bits per heavy atom. The molecule has 0 amide bonds. The third-order valence-corrected chi connectivity index (χ3v) is 2.37. The van der Waals surface area contributed by atoms with E-state index < -0.39 is 12.7 Å². The van der Waals surface area contributed by atoms with Crippen molar-refractivity contribution in [3.05, 3.63) is 0 Å². The molecule has 1 aliphatic rings. The first-order valence-electron chi connectivity index (χ1n) is 5.04.